The molecule has 1 heterocycles. The largest absolute Gasteiger partial charge is 0.479 e. The molecule has 1 aliphatic rings. The van der Waals surface area contributed by atoms with Crippen molar-refractivity contribution in [3.8, 4) is 0 Å². The van der Waals surface area contributed by atoms with Gasteiger partial charge in [-0.15, -0.1) is 0 Å². The molecule has 6 nitrogen and oxygen atoms in total. The van der Waals surface area contributed by atoms with Gasteiger partial charge >= 0.3 is 11.9 Å². The van der Waals surface area contributed by atoms with Crippen LogP contribution in [0.15, 0.2) is 0 Å². The Morgan fingerprint density at radius 3 is 2.58 bits per heavy atom. The number of aliphatic carboxylic acids is 1. The number of hydrogen-bond donors (Lipinski definition) is 3. The van der Waals surface area contributed by atoms with Crippen molar-refractivity contribution in [2.45, 2.75) is 24.7 Å². The maximum atomic E-state index is 10.5. The number of aliphatic hydroxyl groups is 2. The summed E-state index contributed by atoms with van der Waals surface area (Å²) < 4.78 is 4.38. The van der Waals surface area contributed by atoms with Crippen LogP contribution in [0, 0.1) is 0 Å². The van der Waals surface area contributed by atoms with Gasteiger partial charge in [0.15, 0.2) is 12.2 Å². The van der Waals surface area contributed by atoms with Crippen LogP contribution >= 0.6 is 0 Å². The van der Waals surface area contributed by atoms with Crippen molar-refractivity contribution in [3.05, 3.63) is 0 Å². The summed E-state index contributed by atoms with van der Waals surface area (Å²) in [7, 11) is 0. The molecule has 3 atom stereocenters. The van der Waals surface area contributed by atoms with Crippen molar-refractivity contribution < 1.29 is 29.6 Å². The molecule has 0 aromatic carbocycles. The first-order chi connectivity index (χ1) is 5.52. The van der Waals surface area contributed by atoms with Crippen LogP contribution in [-0.4, -0.2) is 45.6 Å². The van der Waals surface area contributed by atoms with Gasteiger partial charge in [0.1, 0.15) is 6.10 Å². The number of carbonyl (C=O) groups is 2. The highest BCUT2D eigenvalue weighted by atomic mass is 16.6. The Kier molecular flexibility index (Phi) is 2.30. The molecule has 12 heavy (non-hydrogen) atoms. The summed E-state index contributed by atoms with van der Waals surface area (Å²) in [5.74, 6) is -2.36. The van der Waals surface area contributed by atoms with Gasteiger partial charge < -0.3 is 20.1 Å². The summed E-state index contributed by atoms with van der Waals surface area (Å²) in [5, 5.41) is 26.0. The minimum Gasteiger partial charge on any atom is -0.479 e. The van der Waals surface area contributed by atoms with E-state index in [9.17, 15) is 9.59 Å². The summed E-state index contributed by atoms with van der Waals surface area (Å²) in [4.78, 5) is 20.7. The Morgan fingerprint density at radius 1 is 1.67 bits per heavy atom. The maximum Gasteiger partial charge on any atom is 0.336 e. The quantitative estimate of drug-likeness (QED) is 0.425. The number of carbonyl (C=O) groups excluding carboxylic acids is 1. The Morgan fingerprint density at radius 2 is 2.25 bits per heavy atom. The molecule has 1 aliphatic heterocycles. The van der Waals surface area contributed by atoms with Crippen molar-refractivity contribution >= 4 is 11.9 Å². The van der Waals surface area contributed by atoms with Crippen LogP contribution < -0.4 is 0 Å². The summed E-state index contributed by atoms with van der Waals surface area (Å²) in [5.41, 5.74) is 0. The van der Waals surface area contributed by atoms with Crippen LogP contribution in [0.3, 0.4) is 0 Å². The third-order valence-corrected chi connectivity index (χ3v) is 1.60. The van der Waals surface area contributed by atoms with Crippen molar-refractivity contribution in [2.24, 2.45) is 0 Å². The Balaban J connectivity index is 2.57. The minimum atomic E-state index is -1.76. The van der Waals surface area contributed by atoms with Crippen molar-refractivity contribution in [2.75, 3.05) is 0 Å². The van der Waals surface area contributed by atoms with Gasteiger partial charge in [0.2, 0.25) is 0 Å². The smallest absolute Gasteiger partial charge is 0.336 e. The minimum absolute atomic E-state index is 0.174. The van der Waals surface area contributed by atoms with Crippen molar-refractivity contribution in [3.63, 3.8) is 0 Å². The first-order valence-corrected chi connectivity index (χ1v) is 3.32. The zero-order valence-corrected chi connectivity index (χ0v) is 6.01. The van der Waals surface area contributed by atoms with Crippen LogP contribution in [0.25, 0.3) is 0 Å². The molecule has 0 saturated carbocycles. The highest BCUT2D eigenvalue weighted by Crippen LogP contribution is 2.17. The molecule has 3 unspecified atom stereocenters. The number of rotatable bonds is 2. The van der Waals surface area contributed by atoms with Gasteiger partial charge in [-0.25, -0.2) is 9.59 Å². The van der Waals surface area contributed by atoms with E-state index >= 15 is 0 Å². The van der Waals surface area contributed by atoms with Gasteiger partial charge in [-0.3, -0.25) is 0 Å². The number of aliphatic hydroxyl groups excluding tert-OH is 2. The predicted molar refractivity (Wildman–Crippen MR) is 34.1 cm³/mol. The SMILES string of the molecule is O=C1OC(C(O)C(=O)O)CC1O. The first-order valence-electron chi connectivity index (χ1n) is 3.32. The van der Waals surface area contributed by atoms with E-state index in [1.807, 2.05) is 0 Å². The molecule has 0 amide bonds. The summed E-state index contributed by atoms with van der Waals surface area (Å²) in [6.07, 6.45) is -4.38. The zero-order chi connectivity index (χ0) is 9.30. The average molecular weight is 176 g/mol. The highest BCUT2D eigenvalue weighted by molar-refractivity contribution is 5.79. The van der Waals surface area contributed by atoms with Gasteiger partial charge in [0.25, 0.3) is 0 Å². The number of hydrogen-bond acceptors (Lipinski definition) is 5. The van der Waals surface area contributed by atoms with Crippen LogP contribution in [0.4, 0.5) is 0 Å². The molecule has 0 aliphatic carbocycles. The monoisotopic (exact) mass is 176 g/mol. The van der Waals surface area contributed by atoms with Crippen molar-refractivity contribution in [1.82, 2.24) is 0 Å². The Labute approximate surface area is 67.4 Å². The lowest BCUT2D eigenvalue weighted by atomic mass is 10.1. The normalized spacial score (nSPS) is 31.3. The lowest BCUT2D eigenvalue weighted by Crippen LogP contribution is -2.33. The number of cyclic esters (lactones) is 1. The fraction of sp³-hybridized carbons (Fsp3) is 0.667. The fourth-order valence-corrected chi connectivity index (χ4v) is 0.944. The Bertz CT molecular complexity index is 212. The van der Waals surface area contributed by atoms with Crippen LogP contribution in [0.5, 0.6) is 0 Å². The number of carboxylic acids is 1. The van der Waals surface area contributed by atoms with Gasteiger partial charge in [-0.05, 0) is 0 Å². The summed E-state index contributed by atoms with van der Waals surface area (Å²) >= 11 is 0. The second kappa shape index (κ2) is 3.08. The molecular weight excluding hydrogens is 168 g/mol. The lowest BCUT2D eigenvalue weighted by Gasteiger charge is -2.11. The number of ether oxygens (including phenoxy) is 1. The molecule has 0 aromatic rings. The van der Waals surface area contributed by atoms with E-state index in [-0.39, 0.29) is 6.42 Å². The van der Waals surface area contributed by atoms with E-state index in [0.29, 0.717) is 0 Å². The fourth-order valence-electron chi connectivity index (χ4n) is 0.944. The molecular formula is C6H8O6. The lowest BCUT2D eigenvalue weighted by molar-refractivity contribution is -0.159. The van der Waals surface area contributed by atoms with E-state index < -0.39 is 30.3 Å². The molecule has 0 aromatic heterocycles. The summed E-state index contributed by atoms with van der Waals surface area (Å²) in [6.45, 7) is 0. The van der Waals surface area contributed by atoms with Crippen LogP contribution in [0.2, 0.25) is 0 Å². The number of esters is 1. The van der Waals surface area contributed by atoms with Crippen molar-refractivity contribution in [1.29, 1.82) is 0 Å². The maximum absolute atomic E-state index is 10.5. The Hall–Kier alpha value is -1.14. The molecule has 3 N–H and O–H groups in total. The van der Waals surface area contributed by atoms with Gasteiger partial charge in [-0.2, -0.15) is 0 Å². The van der Waals surface area contributed by atoms with Gasteiger partial charge in [-0.1, -0.05) is 0 Å². The van der Waals surface area contributed by atoms with Crippen LogP contribution in [-0.2, 0) is 14.3 Å². The third kappa shape index (κ3) is 1.54. The van der Waals surface area contributed by atoms with E-state index in [2.05, 4.69) is 4.74 Å². The topological polar surface area (TPSA) is 104 Å². The first kappa shape index (κ1) is 8.95. The summed E-state index contributed by atoms with van der Waals surface area (Å²) in [6, 6.07) is 0. The molecule has 1 rings (SSSR count). The van der Waals surface area contributed by atoms with E-state index in [1.165, 1.54) is 0 Å². The average Bonchev–Trinajstić information content (AvgIpc) is 2.30. The van der Waals surface area contributed by atoms with Crippen LogP contribution in [0.1, 0.15) is 6.42 Å². The molecule has 0 radical (unpaired) electrons. The molecule has 1 fully saturated rings. The third-order valence-electron chi connectivity index (χ3n) is 1.60. The van der Waals surface area contributed by atoms with E-state index in [0.717, 1.165) is 0 Å². The predicted octanol–water partition coefficient (Wildman–Crippen LogP) is -1.89. The van der Waals surface area contributed by atoms with E-state index in [1.54, 1.807) is 0 Å². The second-order valence-corrected chi connectivity index (χ2v) is 2.51. The zero-order valence-electron chi connectivity index (χ0n) is 6.01. The standard InChI is InChI=1S/C6H8O6/c7-2-1-3(12-6(2)11)4(8)5(9)10/h2-4,7-8H,1H2,(H,9,10). The highest BCUT2D eigenvalue weighted by Gasteiger charge is 2.40. The van der Waals surface area contributed by atoms with Gasteiger partial charge in [0.05, 0.1) is 0 Å². The van der Waals surface area contributed by atoms with Gasteiger partial charge in [0, 0.05) is 6.42 Å². The molecule has 1 saturated heterocycles. The van der Waals surface area contributed by atoms with E-state index in [4.69, 9.17) is 15.3 Å². The molecule has 0 bridgehead atoms. The molecule has 6 heteroatoms. The molecule has 0 spiro atoms. The second-order valence-electron chi connectivity index (χ2n) is 2.51. The molecule has 68 valence electrons. The number of carboxylic acid groups (broad SMARTS) is 1.